The Morgan fingerprint density at radius 1 is 1.50 bits per heavy atom. The van der Waals surface area contributed by atoms with Gasteiger partial charge in [-0.15, -0.1) is 0 Å². The molecule has 16 heavy (non-hydrogen) atoms. The lowest BCUT2D eigenvalue weighted by Gasteiger charge is -2.24. The quantitative estimate of drug-likeness (QED) is 0.703. The van der Waals surface area contributed by atoms with E-state index in [1.807, 2.05) is 13.0 Å². The van der Waals surface area contributed by atoms with Crippen molar-refractivity contribution in [2.75, 3.05) is 26.8 Å². The monoisotopic (exact) mass is 224 g/mol. The maximum atomic E-state index is 10.3. The molecule has 0 bridgehead atoms. The van der Waals surface area contributed by atoms with E-state index in [0.29, 0.717) is 13.2 Å². The SMILES string of the molecule is COCCNCC(C)(O)c1cncc(C)c1. The summed E-state index contributed by atoms with van der Waals surface area (Å²) in [6.07, 6.45) is 3.48. The van der Waals surface area contributed by atoms with Crippen LogP contribution in [0.5, 0.6) is 0 Å². The highest BCUT2D eigenvalue weighted by molar-refractivity contribution is 5.22. The number of pyridine rings is 1. The second kappa shape index (κ2) is 5.94. The van der Waals surface area contributed by atoms with Gasteiger partial charge in [0.1, 0.15) is 5.60 Å². The second-order valence-corrected chi connectivity index (χ2v) is 4.19. The molecule has 0 aliphatic rings. The average Bonchev–Trinajstić information content (AvgIpc) is 2.24. The van der Waals surface area contributed by atoms with Crippen LogP contribution in [0.15, 0.2) is 18.5 Å². The van der Waals surface area contributed by atoms with Gasteiger partial charge in [0.15, 0.2) is 0 Å². The van der Waals surface area contributed by atoms with Crippen molar-refractivity contribution >= 4 is 0 Å². The van der Waals surface area contributed by atoms with Gasteiger partial charge in [-0.05, 0) is 19.4 Å². The van der Waals surface area contributed by atoms with E-state index >= 15 is 0 Å². The summed E-state index contributed by atoms with van der Waals surface area (Å²) >= 11 is 0. The molecule has 2 N–H and O–H groups in total. The molecule has 0 aliphatic heterocycles. The Morgan fingerprint density at radius 2 is 2.25 bits per heavy atom. The molecule has 1 aromatic heterocycles. The van der Waals surface area contributed by atoms with Crippen LogP contribution in [0.3, 0.4) is 0 Å². The molecule has 90 valence electrons. The fourth-order valence-corrected chi connectivity index (χ4v) is 1.46. The fraction of sp³-hybridized carbons (Fsp3) is 0.583. The second-order valence-electron chi connectivity index (χ2n) is 4.19. The van der Waals surface area contributed by atoms with Crippen molar-refractivity contribution in [3.8, 4) is 0 Å². The molecular weight excluding hydrogens is 204 g/mol. The summed E-state index contributed by atoms with van der Waals surface area (Å²) in [7, 11) is 1.66. The van der Waals surface area contributed by atoms with Crippen LogP contribution in [0.1, 0.15) is 18.1 Å². The van der Waals surface area contributed by atoms with Crippen LogP contribution in [0.25, 0.3) is 0 Å². The lowest BCUT2D eigenvalue weighted by Crippen LogP contribution is -2.36. The Kier molecular flexibility index (Phi) is 4.86. The van der Waals surface area contributed by atoms with Crippen LogP contribution in [0.2, 0.25) is 0 Å². The number of aromatic nitrogens is 1. The Bertz CT molecular complexity index is 327. The highest BCUT2D eigenvalue weighted by Crippen LogP contribution is 2.19. The Hall–Kier alpha value is -0.970. The van der Waals surface area contributed by atoms with Gasteiger partial charge in [0.2, 0.25) is 0 Å². The van der Waals surface area contributed by atoms with Crippen LogP contribution in [0, 0.1) is 6.92 Å². The molecule has 0 saturated heterocycles. The van der Waals surface area contributed by atoms with E-state index in [2.05, 4.69) is 10.3 Å². The van der Waals surface area contributed by atoms with E-state index in [0.717, 1.165) is 17.7 Å². The van der Waals surface area contributed by atoms with Crippen molar-refractivity contribution in [1.82, 2.24) is 10.3 Å². The number of methoxy groups -OCH3 is 1. The van der Waals surface area contributed by atoms with Crippen molar-refractivity contribution in [3.05, 3.63) is 29.6 Å². The van der Waals surface area contributed by atoms with Crippen molar-refractivity contribution < 1.29 is 9.84 Å². The topological polar surface area (TPSA) is 54.4 Å². The molecule has 0 saturated carbocycles. The minimum Gasteiger partial charge on any atom is -0.384 e. The van der Waals surface area contributed by atoms with Crippen molar-refractivity contribution in [1.29, 1.82) is 0 Å². The normalized spacial score (nSPS) is 14.8. The molecule has 0 aliphatic carbocycles. The number of rotatable bonds is 6. The molecule has 4 nitrogen and oxygen atoms in total. The fourth-order valence-electron chi connectivity index (χ4n) is 1.46. The van der Waals surface area contributed by atoms with E-state index < -0.39 is 5.60 Å². The van der Waals surface area contributed by atoms with Gasteiger partial charge in [0, 0.05) is 38.2 Å². The number of ether oxygens (including phenoxy) is 1. The van der Waals surface area contributed by atoms with Gasteiger partial charge in [-0.3, -0.25) is 4.98 Å². The standard InChI is InChI=1S/C12H20N2O2/c1-10-6-11(8-14-7-10)12(2,15)9-13-4-5-16-3/h6-8,13,15H,4-5,9H2,1-3H3. The van der Waals surface area contributed by atoms with Gasteiger partial charge >= 0.3 is 0 Å². The van der Waals surface area contributed by atoms with Crippen molar-refractivity contribution in [2.24, 2.45) is 0 Å². The Labute approximate surface area is 96.7 Å². The van der Waals surface area contributed by atoms with Gasteiger partial charge in [-0.25, -0.2) is 0 Å². The zero-order valence-electron chi connectivity index (χ0n) is 10.2. The highest BCUT2D eigenvalue weighted by Gasteiger charge is 2.22. The first-order chi connectivity index (χ1) is 7.56. The number of hydrogen-bond acceptors (Lipinski definition) is 4. The summed E-state index contributed by atoms with van der Waals surface area (Å²) in [5.41, 5.74) is 0.985. The van der Waals surface area contributed by atoms with Gasteiger partial charge < -0.3 is 15.2 Å². The molecular formula is C12H20N2O2. The minimum atomic E-state index is -0.896. The maximum absolute atomic E-state index is 10.3. The number of aryl methyl sites for hydroxylation is 1. The summed E-state index contributed by atoms with van der Waals surface area (Å²) in [4.78, 5) is 4.08. The molecule has 4 heteroatoms. The Balaban J connectivity index is 2.55. The molecule has 1 rings (SSSR count). The van der Waals surface area contributed by atoms with Gasteiger partial charge in [0.05, 0.1) is 6.61 Å². The van der Waals surface area contributed by atoms with Crippen LogP contribution in [0.4, 0.5) is 0 Å². The molecule has 0 spiro atoms. The lowest BCUT2D eigenvalue weighted by molar-refractivity contribution is 0.0546. The molecule has 1 aromatic rings. The zero-order valence-corrected chi connectivity index (χ0v) is 10.2. The minimum absolute atomic E-state index is 0.488. The molecule has 1 atom stereocenters. The van der Waals surface area contributed by atoms with Crippen LogP contribution < -0.4 is 5.32 Å². The van der Waals surface area contributed by atoms with E-state index in [4.69, 9.17) is 4.74 Å². The predicted octanol–water partition coefficient (Wildman–Crippen LogP) is 0.834. The molecule has 0 amide bonds. The van der Waals surface area contributed by atoms with E-state index in [-0.39, 0.29) is 0 Å². The van der Waals surface area contributed by atoms with Crippen LogP contribution >= 0.6 is 0 Å². The highest BCUT2D eigenvalue weighted by atomic mass is 16.5. The molecule has 0 aromatic carbocycles. The first-order valence-corrected chi connectivity index (χ1v) is 5.40. The number of nitrogens with zero attached hydrogens (tertiary/aromatic N) is 1. The van der Waals surface area contributed by atoms with Crippen molar-refractivity contribution in [3.63, 3.8) is 0 Å². The first kappa shape index (κ1) is 13.1. The third-order valence-electron chi connectivity index (χ3n) is 2.45. The lowest BCUT2D eigenvalue weighted by atomic mass is 9.97. The first-order valence-electron chi connectivity index (χ1n) is 5.40. The Morgan fingerprint density at radius 3 is 2.88 bits per heavy atom. The van der Waals surface area contributed by atoms with Gasteiger partial charge in [-0.2, -0.15) is 0 Å². The zero-order chi connectivity index (χ0) is 12.0. The molecule has 0 fully saturated rings. The number of aliphatic hydroxyl groups is 1. The smallest absolute Gasteiger partial charge is 0.101 e. The third-order valence-corrected chi connectivity index (χ3v) is 2.45. The molecule has 1 heterocycles. The number of nitrogens with one attached hydrogen (secondary N) is 1. The summed E-state index contributed by atoms with van der Waals surface area (Å²) < 4.78 is 4.92. The predicted molar refractivity (Wildman–Crippen MR) is 63.3 cm³/mol. The van der Waals surface area contributed by atoms with Crippen molar-refractivity contribution in [2.45, 2.75) is 19.4 Å². The number of hydrogen-bond donors (Lipinski definition) is 2. The molecule has 1 unspecified atom stereocenters. The summed E-state index contributed by atoms with van der Waals surface area (Å²) in [6, 6.07) is 1.95. The van der Waals surface area contributed by atoms with E-state index in [1.165, 1.54) is 0 Å². The van der Waals surface area contributed by atoms with Crippen LogP contribution in [-0.4, -0.2) is 36.9 Å². The van der Waals surface area contributed by atoms with E-state index in [9.17, 15) is 5.11 Å². The summed E-state index contributed by atoms with van der Waals surface area (Å²) in [5.74, 6) is 0. The van der Waals surface area contributed by atoms with E-state index in [1.54, 1.807) is 26.4 Å². The summed E-state index contributed by atoms with van der Waals surface area (Å²) in [6.45, 7) is 5.60. The van der Waals surface area contributed by atoms with Gasteiger partial charge in [-0.1, -0.05) is 6.07 Å². The van der Waals surface area contributed by atoms with Gasteiger partial charge in [0.25, 0.3) is 0 Å². The molecule has 0 radical (unpaired) electrons. The largest absolute Gasteiger partial charge is 0.384 e. The summed E-state index contributed by atoms with van der Waals surface area (Å²) in [5, 5.41) is 13.4. The van der Waals surface area contributed by atoms with Crippen LogP contribution in [-0.2, 0) is 10.3 Å². The maximum Gasteiger partial charge on any atom is 0.101 e. The third kappa shape index (κ3) is 3.89. The average molecular weight is 224 g/mol.